The first kappa shape index (κ1) is 18.6. The number of likely N-dealkylation sites (N-methyl/N-ethyl adjacent to an activating group) is 1. The van der Waals surface area contributed by atoms with E-state index in [0.717, 1.165) is 0 Å². The van der Waals surface area contributed by atoms with E-state index in [0.29, 0.717) is 28.5 Å². The maximum absolute atomic E-state index is 13.3. The van der Waals surface area contributed by atoms with Crippen LogP contribution in [0.2, 0.25) is 0 Å². The van der Waals surface area contributed by atoms with Crippen LogP contribution in [0.1, 0.15) is 10.4 Å². The summed E-state index contributed by atoms with van der Waals surface area (Å²) < 4.78 is 11.6. The van der Waals surface area contributed by atoms with Crippen molar-refractivity contribution < 1.29 is 19.1 Å². The number of benzene rings is 3. The van der Waals surface area contributed by atoms with Gasteiger partial charge in [0.05, 0.1) is 12.2 Å². The first-order valence-electron chi connectivity index (χ1n) is 9.28. The number of nitrogens with zero attached hydrogens (tertiary/aromatic N) is 1. The summed E-state index contributed by atoms with van der Waals surface area (Å²) >= 11 is 0. The average molecular weight is 388 g/mol. The van der Waals surface area contributed by atoms with Gasteiger partial charge in [-0.2, -0.15) is 0 Å². The number of amides is 2. The maximum Gasteiger partial charge on any atom is 0.262 e. The molecule has 2 amide bonds. The van der Waals surface area contributed by atoms with Crippen molar-refractivity contribution >= 4 is 17.5 Å². The number of para-hydroxylation sites is 3. The molecule has 0 saturated heterocycles. The molecule has 0 spiro atoms. The minimum Gasteiger partial charge on any atom is -0.477 e. The Labute approximate surface area is 168 Å². The molecule has 0 saturated carbocycles. The molecular weight excluding hydrogens is 368 g/mol. The standard InChI is InChI=1S/C23H20N2O4/c1-24-22(26)21-15-25(19-12-5-6-13-20(19)29-21)23(27)16-8-7-11-18(14-16)28-17-9-3-2-4-10-17/h2-14,21H,15H2,1H3,(H,24,26)/t21-/m0/s1. The molecule has 0 aliphatic carbocycles. The Morgan fingerprint density at radius 1 is 0.966 bits per heavy atom. The van der Waals surface area contributed by atoms with E-state index in [1.54, 1.807) is 48.3 Å². The Bertz CT molecular complexity index is 1040. The van der Waals surface area contributed by atoms with Crippen molar-refractivity contribution in [2.45, 2.75) is 6.10 Å². The van der Waals surface area contributed by atoms with E-state index < -0.39 is 6.10 Å². The van der Waals surface area contributed by atoms with Crippen LogP contribution in [0.15, 0.2) is 78.9 Å². The number of hydrogen-bond donors (Lipinski definition) is 1. The average Bonchev–Trinajstić information content (AvgIpc) is 2.78. The van der Waals surface area contributed by atoms with Crippen molar-refractivity contribution in [2.24, 2.45) is 0 Å². The maximum atomic E-state index is 13.3. The molecule has 4 rings (SSSR count). The van der Waals surface area contributed by atoms with Crippen LogP contribution in [-0.2, 0) is 4.79 Å². The molecule has 0 unspecified atom stereocenters. The van der Waals surface area contributed by atoms with Gasteiger partial charge in [0.1, 0.15) is 17.2 Å². The highest BCUT2D eigenvalue weighted by atomic mass is 16.5. The Morgan fingerprint density at radius 3 is 2.48 bits per heavy atom. The van der Waals surface area contributed by atoms with Gasteiger partial charge < -0.3 is 19.7 Å². The van der Waals surface area contributed by atoms with Gasteiger partial charge in [0.25, 0.3) is 11.8 Å². The van der Waals surface area contributed by atoms with E-state index in [-0.39, 0.29) is 18.4 Å². The summed E-state index contributed by atoms with van der Waals surface area (Å²) in [7, 11) is 1.54. The van der Waals surface area contributed by atoms with E-state index >= 15 is 0 Å². The number of hydrogen-bond acceptors (Lipinski definition) is 4. The summed E-state index contributed by atoms with van der Waals surface area (Å²) in [6.45, 7) is 0.124. The number of nitrogens with one attached hydrogen (secondary N) is 1. The topological polar surface area (TPSA) is 67.9 Å². The van der Waals surface area contributed by atoms with Crippen molar-refractivity contribution in [3.63, 3.8) is 0 Å². The van der Waals surface area contributed by atoms with E-state index in [1.807, 2.05) is 42.5 Å². The highest BCUT2D eigenvalue weighted by Crippen LogP contribution is 2.34. The molecule has 1 heterocycles. The van der Waals surface area contributed by atoms with Gasteiger partial charge in [-0.1, -0.05) is 36.4 Å². The van der Waals surface area contributed by atoms with E-state index in [2.05, 4.69) is 5.32 Å². The summed E-state index contributed by atoms with van der Waals surface area (Å²) in [5.74, 6) is 1.24. The predicted octanol–water partition coefficient (Wildman–Crippen LogP) is 3.63. The third kappa shape index (κ3) is 3.91. The van der Waals surface area contributed by atoms with Crippen LogP contribution < -0.4 is 19.7 Å². The smallest absolute Gasteiger partial charge is 0.262 e. The molecule has 0 aromatic heterocycles. The fraction of sp³-hybridized carbons (Fsp3) is 0.130. The summed E-state index contributed by atoms with van der Waals surface area (Å²) in [4.78, 5) is 27.0. The Kier molecular flexibility index (Phi) is 5.16. The molecule has 29 heavy (non-hydrogen) atoms. The van der Waals surface area contributed by atoms with Gasteiger partial charge in [0.2, 0.25) is 0 Å². The Hall–Kier alpha value is -3.80. The fourth-order valence-corrected chi connectivity index (χ4v) is 3.20. The van der Waals surface area contributed by atoms with Crippen molar-refractivity contribution in [1.29, 1.82) is 0 Å². The molecule has 3 aromatic rings. The summed E-state index contributed by atoms with van der Waals surface area (Å²) in [5, 5.41) is 2.58. The monoisotopic (exact) mass is 388 g/mol. The molecule has 1 atom stereocenters. The zero-order chi connectivity index (χ0) is 20.2. The minimum atomic E-state index is -0.775. The molecule has 6 heteroatoms. The highest BCUT2D eigenvalue weighted by molar-refractivity contribution is 6.08. The van der Waals surface area contributed by atoms with Crippen LogP contribution in [0.4, 0.5) is 5.69 Å². The zero-order valence-corrected chi connectivity index (χ0v) is 15.9. The number of ether oxygens (including phenoxy) is 2. The number of carbonyl (C=O) groups is 2. The van der Waals surface area contributed by atoms with Gasteiger partial charge in [0, 0.05) is 12.6 Å². The third-order valence-electron chi connectivity index (χ3n) is 4.62. The lowest BCUT2D eigenvalue weighted by Gasteiger charge is -2.34. The number of fused-ring (bicyclic) bond motifs is 1. The van der Waals surface area contributed by atoms with Gasteiger partial charge in [0.15, 0.2) is 6.10 Å². The summed E-state index contributed by atoms with van der Waals surface area (Å²) in [6.07, 6.45) is -0.775. The van der Waals surface area contributed by atoms with Crippen LogP contribution in [0, 0.1) is 0 Å². The molecule has 0 bridgehead atoms. The Balaban J connectivity index is 1.63. The molecule has 0 fully saturated rings. The molecular formula is C23H20N2O4. The fourth-order valence-electron chi connectivity index (χ4n) is 3.20. The van der Waals surface area contributed by atoms with Crippen LogP contribution in [-0.4, -0.2) is 31.5 Å². The molecule has 1 aliphatic heterocycles. The normalized spacial score (nSPS) is 15.1. The lowest BCUT2D eigenvalue weighted by Crippen LogP contribution is -2.50. The zero-order valence-electron chi connectivity index (χ0n) is 15.9. The van der Waals surface area contributed by atoms with Crippen LogP contribution >= 0.6 is 0 Å². The Morgan fingerprint density at radius 2 is 1.69 bits per heavy atom. The lowest BCUT2D eigenvalue weighted by molar-refractivity contribution is -0.127. The minimum absolute atomic E-state index is 0.124. The molecule has 3 aromatic carbocycles. The molecule has 1 N–H and O–H groups in total. The first-order valence-corrected chi connectivity index (χ1v) is 9.28. The van der Waals surface area contributed by atoms with Crippen molar-refractivity contribution in [1.82, 2.24) is 5.32 Å². The molecule has 1 aliphatic rings. The van der Waals surface area contributed by atoms with Crippen molar-refractivity contribution in [3.05, 3.63) is 84.4 Å². The predicted molar refractivity (Wildman–Crippen MR) is 110 cm³/mol. The van der Waals surface area contributed by atoms with Gasteiger partial charge >= 0.3 is 0 Å². The van der Waals surface area contributed by atoms with Gasteiger partial charge in [-0.3, -0.25) is 9.59 Å². The van der Waals surface area contributed by atoms with E-state index in [1.165, 1.54) is 0 Å². The largest absolute Gasteiger partial charge is 0.477 e. The van der Waals surface area contributed by atoms with Crippen LogP contribution in [0.3, 0.4) is 0 Å². The number of carbonyl (C=O) groups excluding carboxylic acids is 2. The number of anilines is 1. The highest BCUT2D eigenvalue weighted by Gasteiger charge is 2.33. The number of rotatable bonds is 4. The quantitative estimate of drug-likeness (QED) is 0.741. The van der Waals surface area contributed by atoms with Crippen molar-refractivity contribution in [3.8, 4) is 17.2 Å². The van der Waals surface area contributed by atoms with Crippen molar-refractivity contribution in [2.75, 3.05) is 18.5 Å². The van der Waals surface area contributed by atoms with Crippen LogP contribution in [0.25, 0.3) is 0 Å². The van der Waals surface area contributed by atoms with E-state index in [4.69, 9.17) is 9.47 Å². The second kappa shape index (κ2) is 8.06. The summed E-state index contributed by atoms with van der Waals surface area (Å²) in [5.41, 5.74) is 1.10. The second-order valence-corrected chi connectivity index (χ2v) is 6.55. The second-order valence-electron chi connectivity index (χ2n) is 6.55. The van der Waals surface area contributed by atoms with E-state index in [9.17, 15) is 9.59 Å². The van der Waals surface area contributed by atoms with Gasteiger partial charge in [-0.05, 0) is 42.5 Å². The first-order chi connectivity index (χ1) is 14.2. The van der Waals surface area contributed by atoms with Crippen LogP contribution in [0.5, 0.6) is 17.2 Å². The van der Waals surface area contributed by atoms with Gasteiger partial charge in [-0.15, -0.1) is 0 Å². The lowest BCUT2D eigenvalue weighted by atomic mass is 10.1. The molecule has 146 valence electrons. The molecule has 6 nitrogen and oxygen atoms in total. The molecule has 0 radical (unpaired) electrons. The third-order valence-corrected chi connectivity index (χ3v) is 4.62. The summed E-state index contributed by atoms with van der Waals surface area (Å²) in [6, 6.07) is 23.6. The SMILES string of the molecule is CNC(=O)[C@@H]1CN(C(=O)c2cccc(Oc3ccccc3)c2)c2ccccc2O1. The van der Waals surface area contributed by atoms with Gasteiger partial charge in [-0.25, -0.2) is 0 Å².